The van der Waals surface area contributed by atoms with Gasteiger partial charge in [-0.1, -0.05) is 35.9 Å². The van der Waals surface area contributed by atoms with Crippen LogP contribution in [0.5, 0.6) is 0 Å². The highest BCUT2D eigenvalue weighted by atomic mass is 35.5. The van der Waals surface area contributed by atoms with Crippen LogP contribution in [0.4, 0.5) is 5.69 Å². The Morgan fingerprint density at radius 2 is 1.62 bits per heavy atom. The molecule has 0 amide bonds. The molecule has 32 heavy (non-hydrogen) atoms. The van der Waals surface area contributed by atoms with Gasteiger partial charge in [-0.25, -0.2) is 0 Å². The van der Waals surface area contributed by atoms with E-state index in [1.54, 1.807) is 0 Å². The van der Waals surface area contributed by atoms with Crippen molar-refractivity contribution in [1.82, 2.24) is 14.9 Å². The van der Waals surface area contributed by atoms with Crippen LogP contribution in [-0.4, -0.2) is 14.7 Å². The molecule has 2 aromatic carbocycles. The van der Waals surface area contributed by atoms with Crippen molar-refractivity contribution in [1.29, 1.82) is 0 Å². The lowest BCUT2D eigenvalue weighted by Gasteiger charge is -2.28. The van der Waals surface area contributed by atoms with E-state index in [1.165, 1.54) is 17.0 Å². The van der Waals surface area contributed by atoms with E-state index < -0.39 is 0 Å². The molecule has 1 aliphatic heterocycles. The number of benzene rings is 2. The topological polar surface area (TPSA) is 33.1 Å². The van der Waals surface area contributed by atoms with Gasteiger partial charge in [-0.3, -0.25) is 4.98 Å². The Balaban J connectivity index is 1.68. The molecule has 0 spiro atoms. The predicted molar refractivity (Wildman–Crippen MR) is 135 cm³/mol. The molecule has 1 fully saturated rings. The summed E-state index contributed by atoms with van der Waals surface area (Å²) in [6, 6.07) is 26.4. The first kappa shape index (κ1) is 20.7. The van der Waals surface area contributed by atoms with Crippen LogP contribution in [0.3, 0.4) is 0 Å². The highest BCUT2D eigenvalue weighted by Crippen LogP contribution is 2.43. The number of hydrogen-bond donors (Lipinski definition) is 1. The van der Waals surface area contributed by atoms with E-state index >= 15 is 0 Å². The van der Waals surface area contributed by atoms with Crippen LogP contribution >= 0.6 is 23.8 Å². The smallest absolute Gasteiger partial charge is 0.174 e. The molecule has 1 aliphatic rings. The minimum absolute atomic E-state index is 0.0535. The summed E-state index contributed by atoms with van der Waals surface area (Å²) in [5.41, 5.74) is 6.68. The number of pyridine rings is 1. The van der Waals surface area contributed by atoms with Crippen LogP contribution < -0.4 is 10.2 Å². The van der Waals surface area contributed by atoms with Crippen molar-refractivity contribution in [2.75, 3.05) is 4.90 Å². The number of nitrogens with zero attached hydrogens (tertiary/aromatic N) is 3. The molecule has 5 rings (SSSR count). The number of halogens is 1. The van der Waals surface area contributed by atoms with Crippen molar-refractivity contribution < 1.29 is 0 Å². The molecule has 3 heterocycles. The molecule has 2 atom stereocenters. The van der Waals surface area contributed by atoms with E-state index in [0.29, 0.717) is 10.1 Å². The quantitative estimate of drug-likeness (QED) is 0.363. The highest BCUT2D eigenvalue weighted by Gasteiger charge is 2.42. The zero-order valence-electron chi connectivity index (χ0n) is 17.9. The minimum atomic E-state index is -0.0795. The van der Waals surface area contributed by atoms with Crippen molar-refractivity contribution in [3.63, 3.8) is 0 Å². The fourth-order valence-corrected chi connectivity index (χ4v) is 5.08. The van der Waals surface area contributed by atoms with E-state index in [9.17, 15) is 0 Å². The summed E-state index contributed by atoms with van der Waals surface area (Å²) in [7, 11) is 0. The third-order valence-corrected chi connectivity index (χ3v) is 6.57. The van der Waals surface area contributed by atoms with Gasteiger partial charge in [0.25, 0.3) is 0 Å². The summed E-state index contributed by atoms with van der Waals surface area (Å²) in [5, 5.41) is 4.91. The minimum Gasteiger partial charge on any atom is -0.351 e. The first-order valence-corrected chi connectivity index (χ1v) is 11.3. The molecule has 0 unspecified atom stereocenters. The molecule has 2 aromatic heterocycles. The molecule has 0 aliphatic carbocycles. The van der Waals surface area contributed by atoms with Gasteiger partial charge in [-0.2, -0.15) is 0 Å². The van der Waals surface area contributed by atoms with E-state index in [1.807, 2.05) is 48.7 Å². The number of aromatic nitrogens is 2. The normalized spacial score (nSPS) is 18.1. The molecular formula is C26H23ClN4S. The first-order chi connectivity index (χ1) is 15.5. The van der Waals surface area contributed by atoms with Gasteiger partial charge < -0.3 is 14.8 Å². The lowest BCUT2D eigenvalue weighted by atomic mass is 9.96. The van der Waals surface area contributed by atoms with Crippen molar-refractivity contribution in [3.8, 4) is 5.69 Å². The van der Waals surface area contributed by atoms with Crippen molar-refractivity contribution >= 4 is 34.6 Å². The van der Waals surface area contributed by atoms with Gasteiger partial charge in [0.15, 0.2) is 5.11 Å². The van der Waals surface area contributed by atoms with Crippen molar-refractivity contribution in [2.24, 2.45) is 0 Å². The molecule has 0 saturated carbocycles. The number of aryl methyl sites for hydroxylation is 1. The highest BCUT2D eigenvalue weighted by molar-refractivity contribution is 7.80. The molecule has 6 heteroatoms. The molecular weight excluding hydrogens is 436 g/mol. The number of para-hydroxylation sites is 1. The number of anilines is 1. The molecule has 160 valence electrons. The summed E-state index contributed by atoms with van der Waals surface area (Å²) in [6.07, 6.45) is 1.83. The Labute approximate surface area is 198 Å². The summed E-state index contributed by atoms with van der Waals surface area (Å²) in [6.45, 7) is 4.32. The van der Waals surface area contributed by atoms with E-state index in [2.05, 4.69) is 70.0 Å². The van der Waals surface area contributed by atoms with Crippen LogP contribution in [0, 0.1) is 13.8 Å². The van der Waals surface area contributed by atoms with Crippen LogP contribution in [0.15, 0.2) is 85.1 Å². The van der Waals surface area contributed by atoms with Gasteiger partial charge in [-0.05, 0) is 86.2 Å². The van der Waals surface area contributed by atoms with Crippen LogP contribution in [0.1, 0.15) is 34.7 Å². The molecule has 1 saturated heterocycles. The molecule has 4 aromatic rings. The zero-order valence-corrected chi connectivity index (χ0v) is 19.4. The number of rotatable bonds is 4. The third-order valence-electron chi connectivity index (χ3n) is 6.01. The Bertz CT molecular complexity index is 1250. The average molecular weight is 459 g/mol. The second-order valence-corrected chi connectivity index (χ2v) is 8.79. The van der Waals surface area contributed by atoms with Crippen molar-refractivity contribution in [2.45, 2.75) is 25.9 Å². The summed E-state index contributed by atoms with van der Waals surface area (Å²) >= 11 is 12.0. The molecule has 0 radical (unpaired) electrons. The van der Waals surface area contributed by atoms with Gasteiger partial charge in [0.1, 0.15) is 0 Å². The second kappa shape index (κ2) is 8.41. The summed E-state index contributed by atoms with van der Waals surface area (Å²) in [5.74, 6) is 0. The van der Waals surface area contributed by atoms with Crippen LogP contribution in [0.2, 0.25) is 5.02 Å². The Hall–Kier alpha value is -3.15. The predicted octanol–water partition coefficient (Wildman–Crippen LogP) is 6.32. The fourth-order valence-electron chi connectivity index (χ4n) is 4.61. The number of thiocarbonyl (C=S) groups is 1. The van der Waals surface area contributed by atoms with Gasteiger partial charge in [0, 0.05) is 34.0 Å². The van der Waals surface area contributed by atoms with E-state index in [4.69, 9.17) is 23.8 Å². The summed E-state index contributed by atoms with van der Waals surface area (Å²) in [4.78, 5) is 6.84. The lowest BCUT2D eigenvalue weighted by Crippen LogP contribution is -2.29. The largest absolute Gasteiger partial charge is 0.351 e. The summed E-state index contributed by atoms with van der Waals surface area (Å²) < 4.78 is 2.30. The van der Waals surface area contributed by atoms with Gasteiger partial charge in [0.2, 0.25) is 0 Å². The van der Waals surface area contributed by atoms with Crippen molar-refractivity contribution in [3.05, 3.63) is 113 Å². The van der Waals surface area contributed by atoms with Crippen LogP contribution in [0.25, 0.3) is 5.69 Å². The SMILES string of the molecule is Cc1cc([C@@H]2[C@H](c3ccccn3)NC(=S)N2c2ccc(Cl)cc2)c(C)n1-c1ccccc1. The second-order valence-electron chi connectivity index (χ2n) is 7.97. The molecule has 1 N–H and O–H groups in total. The zero-order chi connectivity index (χ0) is 22.2. The maximum Gasteiger partial charge on any atom is 0.174 e. The van der Waals surface area contributed by atoms with Gasteiger partial charge >= 0.3 is 0 Å². The Kier molecular flexibility index (Phi) is 5.45. The number of nitrogens with one attached hydrogen (secondary N) is 1. The van der Waals surface area contributed by atoms with Gasteiger partial charge in [-0.15, -0.1) is 0 Å². The number of hydrogen-bond acceptors (Lipinski definition) is 2. The Morgan fingerprint density at radius 1 is 0.906 bits per heavy atom. The lowest BCUT2D eigenvalue weighted by molar-refractivity contribution is 0.565. The van der Waals surface area contributed by atoms with E-state index in [-0.39, 0.29) is 12.1 Å². The van der Waals surface area contributed by atoms with Crippen LogP contribution in [-0.2, 0) is 0 Å². The fraction of sp³-hybridized carbons (Fsp3) is 0.154. The standard InChI is InChI=1S/C26H23ClN4S/c1-17-16-22(18(2)30(17)20-8-4-3-5-9-20)25-24(23-10-6-7-15-28-23)29-26(32)31(25)21-13-11-19(27)12-14-21/h3-16,24-25H,1-2H3,(H,29,32)/t24-,25+/m0/s1. The molecule has 0 bridgehead atoms. The molecule has 4 nitrogen and oxygen atoms in total. The monoisotopic (exact) mass is 458 g/mol. The maximum absolute atomic E-state index is 6.17. The third kappa shape index (κ3) is 3.57. The first-order valence-electron chi connectivity index (χ1n) is 10.5. The van der Waals surface area contributed by atoms with Gasteiger partial charge in [0.05, 0.1) is 17.8 Å². The maximum atomic E-state index is 6.17. The average Bonchev–Trinajstić information content (AvgIpc) is 3.31. The van der Waals surface area contributed by atoms with E-state index in [0.717, 1.165) is 17.1 Å². The Morgan fingerprint density at radius 3 is 2.31 bits per heavy atom.